The van der Waals surface area contributed by atoms with Crippen molar-refractivity contribution >= 4 is 6.29 Å². The average molecular weight is 165 g/mol. The molecule has 0 atom stereocenters. The summed E-state index contributed by atoms with van der Waals surface area (Å²) in [5, 5.41) is 0. The number of aldehydes is 1. The molecule has 0 aromatic carbocycles. The molecule has 0 saturated carbocycles. The van der Waals surface area contributed by atoms with Crippen molar-refractivity contribution in [1.82, 2.24) is 4.98 Å². The van der Waals surface area contributed by atoms with Crippen LogP contribution in [0.15, 0.2) is 24.4 Å². The number of pyridine rings is 1. The Morgan fingerprint density at radius 1 is 1.50 bits per heavy atom. The Bertz CT molecular complexity index is 223. The fourth-order valence-corrected chi connectivity index (χ4v) is 0.854. The Hall–Kier alpha value is -1.22. The van der Waals surface area contributed by atoms with Gasteiger partial charge in [0.05, 0.1) is 6.61 Å². The van der Waals surface area contributed by atoms with Crippen LogP contribution in [0.25, 0.3) is 0 Å². The summed E-state index contributed by atoms with van der Waals surface area (Å²) < 4.78 is 4.98. The first-order chi connectivity index (χ1) is 5.93. The van der Waals surface area contributed by atoms with Crippen LogP contribution < -0.4 is 0 Å². The molecule has 0 spiro atoms. The minimum atomic E-state index is 0.173. The van der Waals surface area contributed by atoms with Crippen LogP contribution in [-0.2, 0) is 16.0 Å². The monoisotopic (exact) mass is 165 g/mol. The summed E-state index contributed by atoms with van der Waals surface area (Å²) >= 11 is 0. The number of rotatable bonds is 5. The predicted molar refractivity (Wildman–Crippen MR) is 44.8 cm³/mol. The molecule has 12 heavy (non-hydrogen) atoms. The molecule has 1 aromatic rings. The minimum Gasteiger partial charge on any atom is -0.374 e. The van der Waals surface area contributed by atoms with E-state index < -0.39 is 0 Å². The normalized spacial score (nSPS) is 9.67. The van der Waals surface area contributed by atoms with E-state index in [-0.39, 0.29) is 6.61 Å². The second-order valence-electron chi connectivity index (χ2n) is 2.31. The number of nitrogens with zero attached hydrogens (tertiary/aromatic N) is 1. The topological polar surface area (TPSA) is 39.2 Å². The van der Waals surface area contributed by atoms with Crippen LogP contribution in [-0.4, -0.2) is 24.5 Å². The Balaban J connectivity index is 2.20. The Kier molecular flexibility index (Phi) is 4.02. The third-order valence-corrected chi connectivity index (χ3v) is 1.41. The van der Waals surface area contributed by atoms with E-state index in [0.717, 1.165) is 18.4 Å². The van der Waals surface area contributed by atoms with Gasteiger partial charge in [0, 0.05) is 18.3 Å². The number of hydrogen-bond donors (Lipinski definition) is 0. The highest BCUT2D eigenvalue weighted by atomic mass is 16.5. The number of hydrogen-bond acceptors (Lipinski definition) is 3. The largest absolute Gasteiger partial charge is 0.374 e. The molecule has 0 fully saturated rings. The highest BCUT2D eigenvalue weighted by molar-refractivity contribution is 5.50. The van der Waals surface area contributed by atoms with E-state index in [0.29, 0.717) is 6.61 Å². The van der Waals surface area contributed by atoms with Crippen molar-refractivity contribution in [3.8, 4) is 0 Å². The molecule has 0 saturated heterocycles. The van der Waals surface area contributed by atoms with Gasteiger partial charge in [-0.15, -0.1) is 0 Å². The summed E-state index contributed by atoms with van der Waals surface area (Å²) in [5.74, 6) is 0. The van der Waals surface area contributed by atoms with Crippen LogP contribution in [0, 0.1) is 0 Å². The summed E-state index contributed by atoms with van der Waals surface area (Å²) in [7, 11) is 0. The molecule has 0 radical (unpaired) electrons. The summed E-state index contributed by atoms with van der Waals surface area (Å²) in [5.41, 5.74) is 0.989. The van der Waals surface area contributed by atoms with E-state index >= 15 is 0 Å². The smallest absolute Gasteiger partial charge is 0.145 e. The maximum Gasteiger partial charge on any atom is 0.145 e. The minimum absolute atomic E-state index is 0.173. The number of carbonyl (C=O) groups is 1. The second-order valence-corrected chi connectivity index (χ2v) is 2.31. The molecule has 0 aliphatic carbocycles. The van der Waals surface area contributed by atoms with E-state index in [1.165, 1.54) is 0 Å². The molecule has 0 unspecified atom stereocenters. The SMILES string of the molecule is O=CCOCCc1ccccn1. The zero-order chi connectivity index (χ0) is 8.65. The number of aromatic nitrogens is 1. The van der Waals surface area contributed by atoms with Crippen molar-refractivity contribution in [2.45, 2.75) is 6.42 Å². The first-order valence-corrected chi connectivity index (χ1v) is 3.85. The molecule has 3 nitrogen and oxygen atoms in total. The third-order valence-electron chi connectivity index (χ3n) is 1.41. The van der Waals surface area contributed by atoms with Gasteiger partial charge in [0.15, 0.2) is 0 Å². The van der Waals surface area contributed by atoms with Gasteiger partial charge >= 0.3 is 0 Å². The number of carbonyl (C=O) groups excluding carboxylic acids is 1. The van der Waals surface area contributed by atoms with Crippen LogP contribution in [0.1, 0.15) is 5.69 Å². The fraction of sp³-hybridized carbons (Fsp3) is 0.333. The molecule has 1 rings (SSSR count). The molecular weight excluding hydrogens is 154 g/mol. The highest BCUT2D eigenvalue weighted by Gasteiger charge is 1.91. The Morgan fingerprint density at radius 3 is 3.08 bits per heavy atom. The first kappa shape index (κ1) is 8.87. The second kappa shape index (κ2) is 5.43. The van der Waals surface area contributed by atoms with Crippen molar-refractivity contribution in [1.29, 1.82) is 0 Å². The van der Waals surface area contributed by atoms with Crippen LogP contribution in [0.2, 0.25) is 0 Å². The third kappa shape index (κ3) is 3.25. The summed E-state index contributed by atoms with van der Waals surface area (Å²) in [6.07, 6.45) is 3.25. The predicted octanol–water partition coefficient (Wildman–Crippen LogP) is 0.840. The Morgan fingerprint density at radius 2 is 2.42 bits per heavy atom. The van der Waals surface area contributed by atoms with Gasteiger partial charge in [0.25, 0.3) is 0 Å². The zero-order valence-electron chi connectivity index (χ0n) is 6.77. The van der Waals surface area contributed by atoms with Gasteiger partial charge in [0.1, 0.15) is 12.9 Å². The fourth-order valence-electron chi connectivity index (χ4n) is 0.854. The zero-order valence-corrected chi connectivity index (χ0v) is 6.77. The van der Waals surface area contributed by atoms with E-state index in [4.69, 9.17) is 4.74 Å². The molecule has 1 aromatic heterocycles. The molecule has 0 N–H and O–H groups in total. The maximum atomic E-state index is 9.88. The lowest BCUT2D eigenvalue weighted by atomic mass is 10.3. The standard InChI is InChI=1S/C9H11NO2/c11-6-8-12-7-4-9-3-1-2-5-10-9/h1-3,5-6H,4,7-8H2. The van der Waals surface area contributed by atoms with Crippen molar-refractivity contribution in [3.63, 3.8) is 0 Å². The quantitative estimate of drug-likeness (QED) is 0.479. The lowest BCUT2D eigenvalue weighted by Gasteiger charge is -1.98. The molecule has 64 valence electrons. The summed E-state index contributed by atoms with van der Waals surface area (Å²) in [4.78, 5) is 14.0. The molecule has 0 amide bonds. The van der Waals surface area contributed by atoms with Crippen molar-refractivity contribution in [2.24, 2.45) is 0 Å². The van der Waals surface area contributed by atoms with Gasteiger partial charge in [-0.2, -0.15) is 0 Å². The molecular formula is C9H11NO2. The number of ether oxygens (including phenoxy) is 1. The first-order valence-electron chi connectivity index (χ1n) is 3.85. The van der Waals surface area contributed by atoms with Crippen molar-refractivity contribution in [2.75, 3.05) is 13.2 Å². The van der Waals surface area contributed by atoms with Crippen LogP contribution in [0.5, 0.6) is 0 Å². The molecule has 0 aliphatic heterocycles. The summed E-state index contributed by atoms with van der Waals surface area (Å²) in [6, 6.07) is 5.74. The Labute approximate surface area is 71.4 Å². The van der Waals surface area contributed by atoms with Gasteiger partial charge < -0.3 is 9.53 Å². The molecule has 0 aliphatic rings. The van der Waals surface area contributed by atoms with Gasteiger partial charge in [-0.3, -0.25) is 4.98 Å². The highest BCUT2D eigenvalue weighted by Crippen LogP contribution is 1.94. The lowest BCUT2D eigenvalue weighted by Crippen LogP contribution is -2.01. The van der Waals surface area contributed by atoms with E-state index in [2.05, 4.69) is 4.98 Å². The summed E-state index contributed by atoms with van der Waals surface area (Å²) in [6.45, 7) is 0.725. The van der Waals surface area contributed by atoms with Crippen molar-refractivity contribution in [3.05, 3.63) is 30.1 Å². The maximum absolute atomic E-state index is 9.88. The van der Waals surface area contributed by atoms with Crippen LogP contribution in [0.4, 0.5) is 0 Å². The van der Waals surface area contributed by atoms with Gasteiger partial charge in [-0.1, -0.05) is 6.07 Å². The van der Waals surface area contributed by atoms with E-state index in [9.17, 15) is 4.79 Å². The van der Waals surface area contributed by atoms with Gasteiger partial charge in [-0.05, 0) is 12.1 Å². The average Bonchev–Trinajstić information content (AvgIpc) is 2.14. The van der Waals surface area contributed by atoms with E-state index in [1.807, 2.05) is 18.2 Å². The molecule has 1 heterocycles. The van der Waals surface area contributed by atoms with Gasteiger partial charge in [0.2, 0.25) is 0 Å². The van der Waals surface area contributed by atoms with E-state index in [1.54, 1.807) is 6.20 Å². The lowest BCUT2D eigenvalue weighted by molar-refractivity contribution is -0.111. The molecule has 0 bridgehead atoms. The molecule has 3 heteroatoms. The van der Waals surface area contributed by atoms with Gasteiger partial charge in [-0.25, -0.2) is 0 Å². The van der Waals surface area contributed by atoms with Crippen molar-refractivity contribution < 1.29 is 9.53 Å². The van der Waals surface area contributed by atoms with Crippen LogP contribution in [0.3, 0.4) is 0 Å². The van der Waals surface area contributed by atoms with Crippen LogP contribution >= 0.6 is 0 Å².